The van der Waals surface area contributed by atoms with Gasteiger partial charge in [0.25, 0.3) is 11.8 Å². The second kappa shape index (κ2) is 6.99. The predicted molar refractivity (Wildman–Crippen MR) is 55.9 cm³/mol. The average Bonchev–Trinajstić information content (AvgIpc) is 2.58. The van der Waals surface area contributed by atoms with Crippen LogP contribution in [0.1, 0.15) is 0 Å². The van der Waals surface area contributed by atoms with Gasteiger partial charge in [-0.25, -0.2) is 4.57 Å². The third kappa shape index (κ3) is 8.56. The van der Waals surface area contributed by atoms with Gasteiger partial charge in [-0.2, -0.15) is 0 Å². The first-order valence-electron chi connectivity index (χ1n) is 4.33. The monoisotopic (exact) mass is 282 g/mol. The minimum atomic E-state index is -4.60. The molecule has 0 aliphatic carbocycles. The van der Waals surface area contributed by atoms with Crippen LogP contribution in [0, 0.1) is 0 Å². The van der Waals surface area contributed by atoms with E-state index in [-0.39, 0.29) is 11.8 Å². The molecule has 0 bridgehead atoms. The van der Waals surface area contributed by atoms with Crippen LogP contribution < -0.4 is 11.1 Å². The first kappa shape index (κ1) is 16.4. The maximum Gasteiger partial charge on any atom is 0.469 e. The van der Waals surface area contributed by atoms with Crippen LogP contribution >= 0.6 is 7.82 Å². The van der Waals surface area contributed by atoms with Crippen molar-refractivity contribution in [3.63, 3.8) is 0 Å². The first-order chi connectivity index (χ1) is 8.11. The van der Waals surface area contributed by atoms with Crippen molar-refractivity contribution < 1.29 is 38.4 Å². The van der Waals surface area contributed by atoms with Gasteiger partial charge in [0.1, 0.15) is 6.04 Å². The number of aliphatic carboxylic acids is 1. The van der Waals surface area contributed by atoms with Crippen molar-refractivity contribution >= 4 is 25.6 Å². The summed E-state index contributed by atoms with van der Waals surface area (Å²) in [5.74, 6) is -2.03. The molecule has 0 spiro atoms. The lowest BCUT2D eigenvalue weighted by atomic mass is 10.3. The smallest absolute Gasteiger partial charge is 0.469 e. The summed E-state index contributed by atoms with van der Waals surface area (Å²) in [4.78, 5) is 46.2. The Morgan fingerprint density at radius 1 is 1.39 bits per heavy atom. The molecule has 2 amide bonds. The Labute approximate surface area is 101 Å². The van der Waals surface area contributed by atoms with Crippen LogP contribution in [0.25, 0.3) is 0 Å². The van der Waals surface area contributed by atoms with Gasteiger partial charge in [0.15, 0.2) is 0 Å². The van der Waals surface area contributed by atoms with Gasteiger partial charge in [0.2, 0.25) is 0 Å². The number of hydrogen-bond donors (Lipinski definition) is 5. The van der Waals surface area contributed by atoms with Crippen LogP contribution in [0.15, 0.2) is 12.2 Å². The summed E-state index contributed by atoms with van der Waals surface area (Å²) in [5, 5.41) is 10.1. The number of carbonyl (C=O) groups is 3. The van der Waals surface area contributed by atoms with Crippen LogP contribution in [-0.4, -0.2) is 45.3 Å². The third-order valence-electron chi connectivity index (χ3n) is 1.37. The van der Waals surface area contributed by atoms with E-state index in [0.717, 1.165) is 0 Å². The van der Waals surface area contributed by atoms with Crippen LogP contribution in [0.2, 0.25) is 0 Å². The standard InChI is InChI=1S/C4H3NO2.C3H8NO6P/c6-3-1-2-4(7)5-3;4-2(3(5)6)1-10-11(7,8)9/h1-2H,(H,5,6,7);2H,1,4H2,(H,5,6)(H2,7,8,9). The third-order valence-corrected chi connectivity index (χ3v) is 1.86. The number of phosphoric acid groups is 1. The van der Waals surface area contributed by atoms with Crippen LogP contribution in [0.5, 0.6) is 0 Å². The topological polar surface area (TPSA) is 176 Å². The van der Waals surface area contributed by atoms with E-state index in [9.17, 15) is 18.9 Å². The molecule has 11 heteroatoms. The maximum absolute atomic E-state index is 10.0. The molecule has 102 valence electrons. The van der Waals surface area contributed by atoms with Gasteiger partial charge < -0.3 is 20.6 Å². The molecule has 1 unspecified atom stereocenters. The van der Waals surface area contributed by atoms with Gasteiger partial charge in [-0.15, -0.1) is 0 Å². The molecule has 18 heavy (non-hydrogen) atoms. The largest absolute Gasteiger partial charge is 0.480 e. The number of carbonyl (C=O) groups excluding carboxylic acids is 2. The lowest BCUT2D eigenvalue weighted by molar-refractivity contribution is -0.139. The highest BCUT2D eigenvalue weighted by Crippen LogP contribution is 2.35. The highest BCUT2D eigenvalue weighted by atomic mass is 31.2. The number of carboxylic acid groups (broad SMARTS) is 1. The molecule has 10 nitrogen and oxygen atoms in total. The van der Waals surface area contributed by atoms with Crippen LogP contribution in [0.3, 0.4) is 0 Å². The van der Waals surface area contributed by atoms with E-state index in [1.807, 2.05) is 5.32 Å². The lowest BCUT2D eigenvalue weighted by Crippen LogP contribution is -2.34. The number of amides is 2. The number of nitrogens with one attached hydrogen (secondary N) is 1. The van der Waals surface area contributed by atoms with Crippen molar-refractivity contribution in [1.82, 2.24) is 5.32 Å². The van der Waals surface area contributed by atoms with Crippen molar-refractivity contribution in [3.8, 4) is 0 Å². The Bertz CT molecular complexity index is 398. The van der Waals surface area contributed by atoms with Gasteiger partial charge >= 0.3 is 13.8 Å². The number of rotatable bonds is 4. The van der Waals surface area contributed by atoms with E-state index < -0.39 is 26.4 Å². The van der Waals surface area contributed by atoms with E-state index in [0.29, 0.717) is 0 Å². The van der Waals surface area contributed by atoms with Crippen molar-refractivity contribution in [3.05, 3.63) is 12.2 Å². The van der Waals surface area contributed by atoms with Crippen molar-refractivity contribution in [2.45, 2.75) is 6.04 Å². The molecule has 6 N–H and O–H groups in total. The zero-order valence-electron chi connectivity index (χ0n) is 8.85. The molecule has 0 radical (unpaired) electrons. The van der Waals surface area contributed by atoms with E-state index >= 15 is 0 Å². The van der Waals surface area contributed by atoms with Gasteiger partial charge in [0, 0.05) is 12.2 Å². The summed E-state index contributed by atoms with van der Waals surface area (Å²) in [6.07, 6.45) is 2.39. The van der Waals surface area contributed by atoms with E-state index in [1.165, 1.54) is 12.2 Å². The van der Waals surface area contributed by atoms with E-state index in [1.54, 1.807) is 0 Å². The number of carboxylic acids is 1. The van der Waals surface area contributed by atoms with Crippen molar-refractivity contribution in [2.24, 2.45) is 5.73 Å². The normalized spacial score (nSPS) is 15.7. The molecule has 0 aromatic rings. The van der Waals surface area contributed by atoms with Gasteiger partial charge in [-0.1, -0.05) is 0 Å². The Balaban J connectivity index is 0.000000351. The summed E-state index contributed by atoms with van der Waals surface area (Å²) in [6, 6.07) is -1.41. The molecular weight excluding hydrogens is 271 g/mol. The molecule has 1 aliphatic rings. The summed E-state index contributed by atoms with van der Waals surface area (Å²) in [6.45, 7) is -0.709. The predicted octanol–water partition coefficient (Wildman–Crippen LogP) is -2.29. The van der Waals surface area contributed by atoms with Crippen LogP contribution in [-0.2, 0) is 23.5 Å². The summed E-state index contributed by atoms with van der Waals surface area (Å²) in [5.41, 5.74) is 4.86. The fourth-order valence-electron chi connectivity index (χ4n) is 0.605. The fourth-order valence-corrected chi connectivity index (χ4v) is 0.960. The Kier molecular flexibility index (Phi) is 6.37. The highest BCUT2D eigenvalue weighted by Gasteiger charge is 2.19. The zero-order valence-corrected chi connectivity index (χ0v) is 9.74. The Morgan fingerprint density at radius 2 is 1.83 bits per heavy atom. The van der Waals surface area contributed by atoms with Crippen LogP contribution in [0.4, 0.5) is 0 Å². The number of nitrogens with two attached hydrogens (primary N) is 1. The van der Waals surface area contributed by atoms with Crippen molar-refractivity contribution in [2.75, 3.05) is 6.61 Å². The second-order valence-electron chi connectivity index (χ2n) is 2.92. The highest BCUT2D eigenvalue weighted by molar-refractivity contribution is 7.46. The number of phosphoric ester groups is 1. The van der Waals surface area contributed by atoms with E-state index in [4.69, 9.17) is 20.6 Å². The number of imide groups is 1. The molecule has 0 aromatic heterocycles. The molecular formula is C7H11N2O8P. The minimum absolute atomic E-state index is 0.329. The SMILES string of the molecule is NC(COP(=O)(O)O)C(=O)O.O=C1C=CC(=O)N1. The summed E-state index contributed by atoms with van der Waals surface area (Å²) >= 11 is 0. The number of hydrogen-bond acceptors (Lipinski definition) is 6. The minimum Gasteiger partial charge on any atom is -0.480 e. The molecule has 0 saturated heterocycles. The zero-order chi connectivity index (χ0) is 14.3. The second-order valence-corrected chi connectivity index (χ2v) is 4.16. The molecule has 1 aliphatic heterocycles. The van der Waals surface area contributed by atoms with Gasteiger partial charge in [-0.3, -0.25) is 24.2 Å². The maximum atomic E-state index is 10.0. The van der Waals surface area contributed by atoms with Gasteiger partial charge in [0.05, 0.1) is 6.61 Å². The Morgan fingerprint density at radius 3 is 2.06 bits per heavy atom. The average molecular weight is 282 g/mol. The fraction of sp³-hybridized carbons (Fsp3) is 0.286. The summed E-state index contributed by atoms with van der Waals surface area (Å²) < 4.78 is 13.8. The molecule has 1 atom stereocenters. The molecule has 0 saturated carbocycles. The molecule has 0 fully saturated rings. The van der Waals surface area contributed by atoms with E-state index in [2.05, 4.69) is 4.52 Å². The quantitative estimate of drug-likeness (QED) is 0.280. The first-order valence-corrected chi connectivity index (χ1v) is 5.86. The lowest BCUT2D eigenvalue weighted by Gasteiger charge is -2.07. The summed E-state index contributed by atoms with van der Waals surface area (Å²) in [7, 11) is -4.60. The molecule has 0 aromatic carbocycles. The van der Waals surface area contributed by atoms with Crippen molar-refractivity contribution in [1.29, 1.82) is 0 Å². The van der Waals surface area contributed by atoms with Gasteiger partial charge in [-0.05, 0) is 0 Å². The molecule has 1 rings (SSSR count). The Hall–Kier alpha value is -1.58. The molecule has 1 heterocycles.